The van der Waals surface area contributed by atoms with E-state index in [2.05, 4.69) is 20.3 Å². The molecule has 0 aliphatic carbocycles. The van der Waals surface area contributed by atoms with Crippen LogP contribution in [0.25, 0.3) is 0 Å². The number of nitrogens with zero attached hydrogens (tertiary/aromatic N) is 3. The Balaban J connectivity index is 2.19. The summed E-state index contributed by atoms with van der Waals surface area (Å²) in [4.78, 5) is 0. The van der Waals surface area contributed by atoms with Gasteiger partial charge in [-0.15, -0.1) is 10.2 Å². The van der Waals surface area contributed by atoms with Gasteiger partial charge in [-0.1, -0.05) is 23.2 Å². The molecular weight excluding hydrogens is 337 g/mol. The molecule has 0 radical (unpaired) electrons. The number of alkyl halides is 2. The van der Waals surface area contributed by atoms with Crippen molar-refractivity contribution in [3.8, 4) is 11.8 Å². The van der Waals surface area contributed by atoms with E-state index in [4.69, 9.17) is 28.5 Å². The van der Waals surface area contributed by atoms with Crippen molar-refractivity contribution in [2.75, 3.05) is 5.32 Å². The first-order valence-corrected chi connectivity index (χ1v) is 6.65. The normalized spacial score (nSPS) is 10.4. The minimum atomic E-state index is -3.01. The molecular formula is C13H8Cl2F2N4O. The Morgan fingerprint density at radius 1 is 1.27 bits per heavy atom. The van der Waals surface area contributed by atoms with Crippen LogP contribution in [0.4, 0.5) is 14.6 Å². The second-order valence-corrected chi connectivity index (χ2v) is 4.87. The highest BCUT2D eigenvalue weighted by atomic mass is 35.5. The minimum Gasteiger partial charge on any atom is -0.433 e. The molecule has 114 valence electrons. The minimum absolute atomic E-state index is 0.0180. The van der Waals surface area contributed by atoms with E-state index < -0.39 is 6.61 Å². The zero-order valence-corrected chi connectivity index (χ0v) is 12.4. The van der Waals surface area contributed by atoms with Crippen LogP contribution >= 0.6 is 23.2 Å². The molecule has 0 aliphatic rings. The van der Waals surface area contributed by atoms with Crippen LogP contribution < -0.4 is 10.1 Å². The van der Waals surface area contributed by atoms with Crippen molar-refractivity contribution in [3.05, 3.63) is 45.6 Å². The van der Waals surface area contributed by atoms with Gasteiger partial charge in [0.1, 0.15) is 17.6 Å². The van der Waals surface area contributed by atoms with Crippen molar-refractivity contribution in [1.29, 1.82) is 5.26 Å². The molecule has 1 aromatic carbocycles. The van der Waals surface area contributed by atoms with Gasteiger partial charge in [-0.3, -0.25) is 0 Å². The lowest BCUT2D eigenvalue weighted by atomic mass is 10.2. The fourth-order valence-corrected chi connectivity index (χ4v) is 2.22. The second-order valence-electron chi connectivity index (χ2n) is 4.02. The van der Waals surface area contributed by atoms with Crippen LogP contribution in [0.5, 0.6) is 5.75 Å². The average molecular weight is 345 g/mol. The predicted octanol–water partition coefficient (Wildman–Crippen LogP) is 3.87. The highest BCUT2D eigenvalue weighted by Gasteiger charge is 2.15. The number of nitriles is 1. The fraction of sp³-hybridized carbons (Fsp3) is 0.154. The zero-order valence-electron chi connectivity index (χ0n) is 10.9. The number of rotatable bonds is 5. The molecule has 9 heteroatoms. The summed E-state index contributed by atoms with van der Waals surface area (Å²) in [6.45, 7) is -2.92. The largest absolute Gasteiger partial charge is 0.433 e. The molecule has 5 nitrogen and oxygen atoms in total. The molecule has 1 heterocycles. The molecule has 0 unspecified atom stereocenters. The van der Waals surface area contributed by atoms with Crippen LogP contribution in [-0.4, -0.2) is 16.8 Å². The highest BCUT2D eigenvalue weighted by Crippen LogP contribution is 2.33. The summed E-state index contributed by atoms with van der Waals surface area (Å²) >= 11 is 11.7. The zero-order chi connectivity index (χ0) is 16.1. The molecule has 0 spiro atoms. The second kappa shape index (κ2) is 7.20. The van der Waals surface area contributed by atoms with Gasteiger partial charge in [0.05, 0.1) is 5.02 Å². The quantitative estimate of drug-likeness (QED) is 0.891. The van der Waals surface area contributed by atoms with Crippen molar-refractivity contribution in [2.24, 2.45) is 0 Å². The molecule has 0 saturated heterocycles. The van der Waals surface area contributed by atoms with Crippen LogP contribution in [0.2, 0.25) is 10.0 Å². The molecule has 1 aromatic heterocycles. The van der Waals surface area contributed by atoms with E-state index in [1.807, 2.05) is 6.07 Å². The maximum absolute atomic E-state index is 12.4. The Morgan fingerprint density at radius 3 is 2.64 bits per heavy atom. The first-order valence-electron chi connectivity index (χ1n) is 5.90. The molecule has 0 amide bonds. The van der Waals surface area contributed by atoms with E-state index in [0.717, 1.165) is 0 Å². The smallest absolute Gasteiger partial charge is 0.387 e. The van der Waals surface area contributed by atoms with Crippen LogP contribution in [0.1, 0.15) is 11.3 Å². The Kier molecular flexibility index (Phi) is 5.31. The number of ether oxygens (including phenoxy) is 1. The van der Waals surface area contributed by atoms with E-state index in [0.29, 0.717) is 11.4 Å². The maximum Gasteiger partial charge on any atom is 0.387 e. The van der Waals surface area contributed by atoms with Crippen LogP contribution in [0.15, 0.2) is 24.3 Å². The Morgan fingerprint density at radius 2 is 2.05 bits per heavy atom. The molecule has 2 rings (SSSR count). The van der Waals surface area contributed by atoms with Gasteiger partial charge >= 0.3 is 6.61 Å². The summed E-state index contributed by atoms with van der Waals surface area (Å²) in [7, 11) is 0. The summed E-state index contributed by atoms with van der Waals surface area (Å²) in [5, 5.41) is 19.2. The molecule has 22 heavy (non-hydrogen) atoms. The van der Waals surface area contributed by atoms with E-state index in [9.17, 15) is 8.78 Å². The van der Waals surface area contributed by atoms with Gasteiger partial charge in [-0.25, -0.2) is 0 Å². The molecule has 0 saturated carbocycles. The van der Waals surface area contributed by atoms with Crippen LogP contribution in [-0.2, 0) is 6.54 Å². The number of nitrogens with one attached hydrogen (secondary N) is 1. The van der Waals surface area contributed by atoms with E-state index in [1.165, 1.54) is 24.3 Å². The standard InChI is InChI=1S/C13H8Cl2F2N4O/c14-8-3-7(12(10(15)4-8)22-13(16)17)6-19-11-2-1-9(5-18)20-21-11/h1-4,13H,6H2,(H,19,21). The lowest BCUT2D eigenvalue weighted by Gasteiger charge is -2.13. The lowest BCUT2D eigenvalue weighted by molar-refractivity contribution is -0.0503. The van der Waals surface area contributed by atoms with Gasteiger partial charge in [0.2, 0.25) is 0 Å². The van der Waals surface area contributed by atoms with Crippen molar-refractivity contribution in [2.45, 2.75) is 13.2 Å². The van der Waals surface area contributed by atoms with E-state index >= 15 is 0 Å². The SMILES string of the molecule is N#Cc1ccc(NCc2cc(Cl)cc(Cl)c2OC(F)F)nn1. The molecule has 1 N–H and O–H groups in total. The van der Waals surface area contributed by atoms with Gasteiger partial charge in [0, 0.05) is 17.1 Å². The fourth-order valence-electron chi connectivity index (χ4n) is 1.64. The third-order valence-corrected chi connectivity index (χ3v) is 3.03. The van der Waals surface area contributed by atoms with Crippen molar-refractivity contribution >= 4 is 29.0 Å². The summed E-state index contributed by atoms with van der Waals surface area (Å²) in [6, 6.07) is 7.60. The monoisotopic (exact) mass is 344 g/mol. The Bertz CT molecular complexity index is 704. The van der Waals surface area contributed by atoms with Crippen LogP contribution in [0, 0.1) is 11.3 Å². The van der Waals surface area contributed by atoms with Crippen molar-refractivity contribution in [3.63, 3.8) is 0 Å². The summed E-state index contributed by atoms with van der Waals surface area (Å²) in [5.74, 6) is 0.202. The number of halogens is 4. The van der Waals surface area contributed by atoms with Crippen molar-refractivity contribution < 1.29 is 13.5 Å². The molecule has 0 fully saturated rings. The van der Waals surface area contributed by atoms with Crippen molar-refractivity contribution in [1.82, 2.24) is 10.2 Å². The Labute approximate surface area is 134 Å². The first-order chi connectivity index (χ1) is 10.5. The third-order valence-electron chi connectivity index (χ3n) is 2.53. The lowest BCUT2D eigenvalue weighted by Crippen LogP contribution is -2.09. The molecule has 2 aromatic rings. The summed E-state index contributed by atoms with van der Waals surface area (Å²) in [5.41, 5.74) is 0.502. The summed E-state index contributed by atoms with van der Waals surface area (Å²) in [6.07, 6.45) is 0. The topological polar surface area (TPSA) is 70.8 Å². The predicted molar refractivity (Wildman–Crippen MR) is 77.2 cm³/mol. The number of hydrogen-bond acceptors (Lipinski definition) is 5. The van der Waals surface area contributed by atoms with Gasteiger partial charge in [0.15, 0.2) is 5.69 Å². The molecule has 0 atom stereocenters. The Hall–Kier alpha value is -2.17. The molecule has 0 bridgehead atoms. The van der Waals surface area contributed by atoms with E-state index in [-0.39, 0.29) is 28.0 Å². The summed E-state index contributed by atoms with van der Waals surface area (Å²) < 4.78 is 29.3. The maximum atomic E-state index is 12.4. The van der Waals surface area contributed by atoms with Gasteiger partial charge < -0.3 is 10.1 Å². The van der Waals surface area contributed by atoms with Gasteiger partial charge in [0.25, 0.3) is 0 Å². The van der Waals surface area contributed by atoms with Gasteiger partial charge in [-0.05, 0) is 24.3 Å². The van der Waals surface area contributed by atoms with Crippen LogP contribution in [0.3, 0.4) is 0 Å². The number of anilines is 1. The highest BCUT2D eigenvalue weighted by molar-refractivity contribution is 6.35. The number of hydrogen-bond donors (Lipinski definition) is 1. The van der Waals surface area contributed by atoms with E-state index in [1.54, 1.807) is 0 Å². The molecule has 0 aliphatic heterocycles. The number of aromatic nitrogens is 2. The number of benzene rings is 1. The third kappa shape index (κ3) is 4.16. The average Bonchev–Trinajstić information content (AvgIpc) is 2.48. The van der Waals surface area contributed by atoms with Gasteiger partial charge in [-0.2, -0.15) is 14.0 Å². The first kappa shape index (κ1) is 16.2.